The molecule has 0 unspecified atom stereocenters. The lowest BCUT2D eigenvalue weighted by molar-refractivity contribution is 0.268. The molecule has 0 saturated heterocycles. The van der Waals surface area contributed by atoms with E-state index in [2.05, 4.69) is 20.8 Å². The molecule has 0 fully saturated rings. The molecule has 1 aliphatic rings. The van der Waals surface area contributed by atoms with Gasteiger partial charge < -0.3 is 30.0 Å². The topological polar surface area (TPSA) is 108 Å². The van der Waals surface area contributed by atoms with E-state index < -0.39 is 11.7 Å². The van der Waals surface area contributed by atoms with Gasteiger partial charge in [-0.1, -0.05) is 17.3 Å². The van der Waals surface area contributed by atoms with Crippen molar-refractivity contribution >= 4 is 22.6 Å². The normalized spacial score (nSPS) is 16.6. The van der Waals surface area contributed by atoms with Crippen molar-refractivity contribution in [3.05, 3.63) is 64.8 Å². The van der Waals surface area contributed by atoms with Crippen molar-refractivity contribution in [2.75, 3.05) is 19.0 Å². The Hall–Kier alpha value is -3.85. The zero-order valence-corrected chi connectivity index (χ0v) is 20.3. The van der Waals surface area contributed by atoms with E-state index in [1.807, 2.05) is 39.8 Å². The van der Waals surface area contributed by atoms with Crippen molar-refractivity contribution in [3.63, 3.8) is 0 Å². The summed E-state index contributed by atoms with van der Waals surface area (Å²) in [5.41, 5.74) is 4.48. The van der Waals surface area contributed by atoms with Crippen LogP contribution < -0.4 is 15.4 Å². The molecule has 0 aliphatic carbocycles. The largest absolute Gasteiger partial charge is 0.496 e. The number of benzene rings is 2. The van der Waals surface area contributed by atoms with Crippen LogP contribution in [0.5, 0.6) is 5.75 Å². The molecule has 2 aromatic carbocycles. The molecule has 4 N–H and O–H groups in total. The SMILES string of the molecule is COc1cc2c3c([nH]c2cc1-c1c(C)noc1C)NC(C)(C)NC3=N[C@H](CO)c1ccc(F)cc1. The first-order valence-electron chi connectivity index (χ1n) is 11.4. The van der Waals surface area contributed by atoms with Gasteiger partial charge in [0.1, 0.15) is 40.7 Å². The average molecular weight is 478 g/mol. The third-order valence-corrected chi connectivity index (χ3v) is 6.24. The van der Waals surface area contributed by atoms with Crippen molar-refractivity contribution in [1.29, 1.82) is 0 Å². The lowest BCUT2D eigenvalue weighted by Gasteiger charge is -2.35. The number of aliphatic hydroxyl groups excluding tert-OH is 1. The number of hydrogen-bond acceptors (Lipinski definition) is 6. The Morgan fingerprint density at radius 3 is 2.51 bits per heavy atom. The van der Waals surface area contributed by atoms with E-state index in [1.54, 1.807) is 19.2 Å². The number of aromatic nitrogens is 2. The minimum atomic E-state index is -0.562. The van der Waals surface area contributed by atoms with Gasteiger partial charge >= 0.3 is 0 Å². The van der Waals surface area contributed by atoms with E-state index in [4.69, 9.17) is 14.3 Å². The number of methoxy groups -OCH3 is 1. The minimum Gasteiger partial charge on any atom is -0.496 e. The molecule has 1 atom stereocenters. The van der Waals surface area contributed by atoms with Gasteiger partial charge in [0, 0.05) is 16.5 Å². The van der Waals surface area contributed by atoms with E-state index in [0.29, 0.717) is 17.3 Å². The second kappa shape index (κ2) is 8.42. The standard InChI is InChI=1S/C26H28FN5O3/c1-13-22(14(2)35-32-13)18-10-19-17(11-21(18)34-5)23-24(28-19)30-26(3,4)31-25(23)29-20(12-33)15-6-8-16(27)9-7-15/h6-11,20,28,30,33H,12H2,1-5H3,(H,29,31)/t20-/m1/s1. The molecular weight excluding hydrogens is 449 g/mol. The fraction of sp³-hybridized carbons (Fsp3) is 0.308. The lowest BCUT2D eigenvalue weighted by Crippen LogP contribution is -2.53. The van der Waals surface area contributed by atoms with E-state index in [9.17, 15) is 9.50 Å². The molecule has 0 spiro atoms. The first-order valence-corrected chi connectivity index (χ1v) is 11.4. The number of aryl methyl sites for hydroxylation is 2. The number of nitrogens with zero attached hydrogens (tertiary/aromatic N) is 2. The quantitative estimate of drug-likeness (QED) is 0.328. The summed E-state index contributed by atoms with van der Waals surface area (Å²) in [6.07, 6.45) is 0. The highest BCUT2D eigenvalue weighted by molar-refractivity contribution is 6.16. The Balaban J connectivity index is 1.70. The number of ether oxygens (including phenoxy) is 1. The number of anilines is 1. The smallest absolute Gasteiger partial charge is 0.141 e. The Morgan fingerprint density at radius 2 is 1.89 bits per heavy atom. The highest BCUT2D eigenvalue weighted by atomic mass is 19.1. The minimum absolute atomic E-state index is 0.220. The average Bonchev–Trinajstić information content (AvgIpc) is 3.34. The Kier molecular flexibility index (Phi) is 5.52. The van der Waals surface area contributed by atoms with Gasteiger partial charge in [0.05, 0.1) is 30.5 Å². The molecule has 5 rings (SSSR count). The summed E-state index contributed by atoms with van der Waals surface area (Å²) in [4.78, 5) is 8.36. The number of rotatable bonds is 5. The van der Waals surface area contributed by atoms with Gasteiger partial charge in [0.15, 0.2) is 0 Å². The van der Waals surface area contributed by atoms with Crippen LogP contribution in [0.3, 0.4) is 0 Å². The van der Waals surface area contributed by atoms with Gasteiger partial charge in [0.25, 0.3) is 0 Å². The molecule has 3 heterocycles. The maximum Gasteiger partial charge on any atom is 0.141 e. The molecule has 1 aliphatic heterocycles. The maximum absolute atomic E-state index is 13.5. The predicted molar refractivity (Wildman–Crippen MR) is 133 cm³/mol. The summed E-state index contributed by atoms with van der Waals surface area (Å²) in [5, 5.41) is 22.0. The zero-order chi connectivity index (χ0) is 24.9. The second-order valence-electron chi connectivity index (χ2n) is 9.27. The number of fused-ring (bicyclic) bond motifs is 3. The van der Waals surface area contributed by atoms with Gasteiger partial charge in [-0.2, -0.15) is 0 Å². The van der Waals surface area contributed by atoms with E-state index >= 15 is 0 Å². The van der Waals surface area contributed by atoms with Crippen LogP contribution in [0.2, 0.25) is 0 Å². The van der Waals surface area contributed by atoms with Gasteiger partial charge in [-0.25, -0.2) is 4.39 Å². The van der Waals surface area contributed by atoms with E-state index in [-0.39, 0.29) is 12.4 Å². The highest BCUT2D eigenvalue weighted by Gasteiger charge is 2.32. The molecule has 4 aromatic rings. The number of nitrogens with one attached hydrogen (secondary N) is 3. The monoisotopic (exact) mass is 477 g/mol. The Bertz CT molecular complexity index is 1420. The number of amidine groups is 1. The fourth-order valence-electron chi connectivity index (χ4n) is 4.65. The third kappa shape index (κ3) is 4.01. The van der Waals surface area contributed by atoms with Gasteiger partial charge in [-0.15, -0.1) is 0 Å². The molecule has 182 valence electrons. The molecule has 0 bridgehead atoms. The van der Waals surface area contributed by atoms with Crippen molar-refractivity contribution in [2.24, 2.45) is 4.99 Å². The molecule has 0 saturated carbocycles. The molecule has 0 radical (unpaired) electrons. The number of halogens is 1. The van der Waals surface area contributed by atoms with Crippen LogP contribution in [0.4, 0.5) is 10.2 Å². The van der Waals surface area contributed by atoms with Crippen LogP contribution in [0, 0.1) is 19.7 Å². The first-order chi connectivity index (χ1) is 16.7. The number of aliphatic imine (C=N–C) groups is 1. The van der Waals surface area contributed by atoms with Gasteiger partial charge in [0.2, 0.25) is 0 Å². The molecule has 2 aromatic heterocycles. The zero-order valence-electron chi connectivity index (χ0n) is 20.3. The van der Waals surface area contributed by atoms with Gasteiger partial charge in [-0.3, -0.25) is 4.99 Å². The molecule has 8 nitrogen and oxygen atoms in total. The number of hydrogen-bond donors (Lipinski definition) is 4. The number of aliphatic hydroxyl groups is 1. The van der Waals surface area contributed by atoms with Crippen LogP contribution in [-0.2, 0) is 0 Å². The summed E-state index contributed by atoms with van der Waals surface area (Å²) in [7, 11) is 1.63. The van der Waals surface area contributed by atoms with Crippen molar-refractivity contribution < 1.29 is 18.8 Å². The van der Waals surface area contributed by atoms with Crippen molar-refractivity contribution in [3.8, 4) is 16.9 Å². The highest BCUT2D eigenvalue weighted by Crippen LogP contribution is 2.41. The molecular formula is C26H28FN5O3. The second-order valence-corrected chi connectivity index (χ2v) is 9.27. The maximum atomic E-state index is 13.5. The van der Waals surface area contributed by atoms with E-state index in [1.165, 1.54) is 12.1 Å². The van der Waals surface area contributed by atoms with Crippen LogP contribution in [0.15, 0.2) is 45.9 Å². The van der Waals surface area contributed by atoms with Crippen molar-refractivity contribution in [2.45, 2.75) is 39.4 Å². The van der Waals surface area contributed by atoms with Crippen LogP contribution >= 0.6 is 0 Å². The van der Waals surface area contributed by atoms with E-state index in [0.717, 1.165) is 44.7 Å². The summed E-state index contributed by atoms with van der Waals surface area (Å²) in [6, 6.07) is 9.45. The molecule has 0 amide bonds. The lowest BCUT2D eigenvalue weighted by atomic mass is 9.99. The molecule has 9 heteroatoms. The summed E-state index contributed by atoms with van der Waals surface area (Å²) in [6.45, 7) is 7.56. The Labute approximate surface area is 202 Å². The summed E-state index contributed by atoms with van der Waals surface area (Å²) >= 11 is 0. The Morgan fingerprint density at radius 1 is 1.14 bits per heavy atom. The number of aromatic amines is 1. The van der Waals surface area contributed by atoms with Crippen LogP contribution in [0.1, 0.15) is 42.5 Å². The predicted octanol–water partition coefficient (Wildman–Crippen LogP) is 4.82. The number of H-pyrrole nitrogens is 1. The molecule has 35 heavy (non-hydrogen) atoms. The third-order valence-electron chi connectivity index (χ3n) is 6.24. The van der Waals surface area contributed by atoms with Crippen LogP contribution in [-0.4, -0.2) is 40.5 Å². The first kappa shape index (κ1) is 22.9. The van der Waals surface area contributed by atoms with Gasteiger partial charge in [-0.05, 0) is 57.5 Å². The van der Waals surface area contributed by atoms with Crippen molar-refractivity contribution in [1.82, 2.24) is 15.5 Å². The summed E-state index contributed by atoms with van der Waals surface area (Å²) in [5.74, 6) is 2.47. The summed E-state index contributed by atoms with van der Waals surface area (Å²) < 4.78 is 24.6. The fourth-order valence-corrected chi connectivity index (χ4v) is 4.65. The van der Waals surface area contributed by atoms with Crippen LogP contribution in [0.25, 0.3) is 22.0 Å².